The van der Waals surface area contributed by atoms with Gasteiger partial charge in [0.15, 0.2) is 0 Å². The minimum Gasteiger partial charge on any atom is -0.381 e. The van der Waals surface area contributed by atoms with Gasteiger partial charge in [-0.1, -0.05) is 29.4 Å². The summed E-state index contributed by atoms with van der Waals surface area (Å²) in [4.78, 5) is 0. The van der Waals surface area contributed by atoms with Crippen LogP contribution in [0.1, 0.15) is 55.3 Å². The van der Waals surface area contributed by atoms with E-state index >= 15 is 0 Å². The van der Waals surface area contributed by atoms with E-state index in [1.165, 1.54) is 24.0 Å². The number of nitrogens with one attached hydrogen (secondary N) is 1. The predicted octanol–water partition coefficient (Wildman–Crippen LogP) is 3.68. The van der Waals surface area contributed by atoms with Crippen LogP contribution in [0.5, 0.6) is 0 Å². The number of hydrogen-bond donors (Lipinski definition) is 2. The highest BCUT2D eigenvalue weighted by Gasteiger charge is 2.26. The maximum atomic E-state index is 5.79. The Hall–Kier alpha value is -1.81. The van der Waals surface area contributed by atoms with Crippen molar-refractivity contribution in [3.63, 3.8) is 0 Å². The van der Waals surface area contributed by atoms with Gasteiger partial charge in [0.25, 0.3) is 0 Å². The molecule has 2 aromatic rings. The topological polar surface area (TPSA) is 64.1 Å². The van der Waals surface area contributed by atoms with Crippen molar-refractivity contribution in [2.45, 2.75) is 51.0 Å². The molecule has 0 spiro atoms. The average molecular weight is 299 g/mol. The second-order valence-corrected chi connectivity index (χ2v) is 6.30. The average Bonchev–Trinajstić information content (AvgIpc) is 2.99. The zero-order valence-corrected chi connectivity index (χ0v) is 13.2. The number of nitrogens with zero attached hydrogens (tertiary/aromatic N) is 1. The molecule has 2 atom stereocenters. The smallest absolute Gasteiger partial charge is 0.147 e. The van der Waals surface area contributed by atoms with Crippen LogP contribution >= 0.6 is 0 Å². The zero-order chi connectivity index (χ0) is 15.4. The summed E-state index contributed by atoms with van der Waals surface area (Å²) in [5.74, 6) is 0.347. The van der Waals surface area contributed by atoms with Crippen LogP contribution in [0, 0.1) is 0 Å². The Bertz CT molecular complexity index is 606. The van der Waals surface area contributed by atoms with Gasteiger partial charge in [-0.05, 0) is 50.2 Å². The first-order valence-corrected chi connectivity index (χ1v) is 8.27. The molecule has 0 aliphatic heterocycles. The van der Waals surface area contributed by atoms with E-state index in [0.717, 1.165) is 37.2 Å². The molecule has 1 aliphatic carbocycles. The lowest BCUT2D eigenvalue weighted by molar-refractivity contribution is 0.404. The fourth-order valence-corrected chi connectivity index (χ4v) is 3.31. The first-order chi connectivity index (χ1) is 10.8. The van der Waals surface area contributed by atoms with Crippen LogP contribution in [-0.2, 0) is 6.42 Å². The van der Waals surface area contributed by atoms with E-state index in [2.05, 4.69) is 34.7 Å². The summed E-state index contributed by atoms with van der Waals surface area (Å²) >= 11 is 0. The lowest BCUT2D eigenvalue weighted by Gasteiger charge is -2.24. The molecule has 2 unspecified atom stereocenters. The van der Waals surface area contributed by atoms with Gasteiger partial charge in [0, 0.05) is 18.5 Å². The van der Waals surface area contributed by atoms with Gasteiger partial charge in [-0.3, -0.25) is 0 Å². The molecule has 118 valence electrons. The molecule has 1 aromatic heterocycles. The van der Waals surface area contributed by atoms with Gasteiger partial charge in [0.1, 0.15) is 12.0 Å². The molecule has 0 fully saturated rings. The van der Waals surface area contributed by atoms with E-state index in [1.807, 2.05) is 6.92 Å². The van der Waals surface area contributed by atoms with Crippen LogP contribution in [-0.4, -0.2) is 17.7 Å². The van der Waals surface area contributed by atoms with Crippen LogP contribution < -0.4 is 11.1 Å². The van der Waals surface area contributed by atoms with Gasteiger partial charge in [-0.15, -0.1) is 0 Å². The Labute approximate surface area is 132 Å². The van der Waals surface area contributed by atoms with E-state index in [4.69, 9.17) is 10.3 Å². The fraction of sp³-hybridized carbons (Fsp3) is 0.500. The maximum absolute atomic E-state index is 5.79. The predicted molar refractivity (Wildman–Crippen MR) is 89.1 cm³/mol. The highest BCUT2D eigenvalue weighted by Crippen LogP contribution is 2.38. The van der Waals surface area contributed by atoms with Crippen molar-refractivity contribution in [2.24, 2.45) is 5.73 Å². The van der Waals surface area contributed by atoms with Gasteiger partial charge in [0.05, 0.1) is 5.69 Å². The Morgan fingerprint density at radius 2 is 2.27 bits per heavy atom. The van der Waals surface area contributed by atoms with Crippen LogP contribution in [0.15, 0.2) is 35.1 Å². The normalized spacial score (nSPS) is 18.7. The number of hydrogen-bond acceptors (Lipinski definition) is 4. The van der Waals surface area contributed by atoms with Crippen molar-refractivity contribution in [1.82, 2.24) is 5.16 Å². The molecule has 0 saturated carbocycles. The van der Waals surface area contributed by atoms with Crippen molar-refractivity contribution in [3.05, 3.63) is 47.3 Å². The lowest BCUT2D eigenvalue weighted by atomic mass is 9.81. The number of anilines is 1. The van der Waals surface area contributed by atoms with E-state index in [-0.39, 0.29) is 6.04 Å². The summed E-state index contributed by atoms with van der Waals surface area (Å²) in [6.45, 7) is 2.95. The standard InChI is InChI=1S/C18H25N3O/c1-13(19)6-5-11-20-17-12-22-21-18(17)16-10-4-8-14-7-2-3-9-15(14)16/h2-3,7,9,12-13,16,20H,4-6,8,10-11,19H2,1H3. The number of benzene rings is 1. The molecule has 1 heterocycles. The second kappa shape index (κ2) is 6.97. The van der Waals surface area contributed by atoms with Gasteiger partial charge in [-0.25, -0.2) is 0 Å². The summed E-state index contributed by atoms with van der Waals surface area (Å²) in [6.07, 6.45) is 7.33. The van der Waals surface area contributed by atoms with Gasteiger partial charge < -0.3 is 15.6 Å². The van der Waals surface area contributed by atoms with Crippen LogP contribution in [0.2, 0.25) is 0 Å². The molecule has 1 aromatic carbocycles. The summed E-state index contributed by atoms with van der Waals surface area (Å²) in [6, 6.07) is 8.96. The summed E-state index contributed by atoms with van der Waals surface area (Å²) in [5, 5.41) is 7.76. The lowest BCUT2D eigenvalue weighted by Crippen LogP contribution is -2.17. The molecule has 0 amide bonds. The number of nitrogens with two attached hydrogens (primary N) is 1. The Morgan fingerprint density at radius 3 is 3.14 bits per heavy atom. The molecule has 3 rings (SSSR count). The molecule has 0 bridgehead atoms. The first-order valence-electron chi connectivity index (χ1n) is 8.27. The van der Waals surface area contributed by atoms with Crippen LogP contribution in [0.4, 0.5) is 5.69 Å². The van der Waals surface area contributed by atoms with E-state index in [1.54, 1.807) is 6.26 Å². The molecule has 22 heavy (non-hydrogen) atoms. The van der Waals surface area contributed by atoms with E-state index in [9.17, 15) is 0 Å². The third-order valence-electron chi connectivity index (χ3n) is 4.45. The molecule has 0 saturated heterocycles. The fourth-order valence-electron chi connectivity index (χ4n) is 3.31. The molecule has 3 N–H and O–H groups in total. The van der Waals surface area contributed by atoms with Crippen molar-refractivity contribution in [3.8, 4) is 0 Å². The number of fused-ring (bicyclic) bond motifs is 1. The minimum absolute atomic E-state index is 0.258. The Balaban J connectivity index is 1.72. The third kappa shape index (κ3) is 3.33. The number of aryl methyl sites for hydroxylation is 1. The largest absolute Gasteiger partial charge is 0.381 e. The molecule has 1 aliphatic rings. The van der Waals surface area contributed by atoms with Gasteiger partial charge >= 0.3 is 0 Å². The maximum Gasteiger partial charge on any atom is 0.147 e. The van der Waals surface area contributed by atoms with Crippen LogP contribution in [0.25, 0.3) is 0 Å². The van der Waals surface area contributed by atoms with Gasteiger partial charge in [-0.2, -0.15) is 0 Å². The quantitative estimate of drug-likeness (QED) is 0.799. The minimum atomic E-state index is 0.258. The SMILES string of the molecule is CC(N)CCCNc1conc1C1CCCc2ccccc21. The molecule has 4 heteroatoms. The Kier molecular flexibility index (Phi) is 4.78. The number of rotatable bonds is 6. The number of aromatic nitrogens is 1. The third-order valence-corrected chi connectivity index (χ3v) is 4.45. The Morgan fingerprint density at radius 1 is 1.41 bits per heavy atom. The van der Waals surface area contributed by atoms with Crippen molar-refractivity contribution >= 4 is 5.69 Å². The molecule has 4 nitrogen and oxygen atoms in total. The van der Waals surface area contributed by atoms with Gasteiger partial charge in [0.2, 0.25) is 0 Å². The highest BCUT2D eigenvalue weighted by atomic mass is 16.5. The highest BCUT2D eigenvalue weighted by molar-refractivity contribution is 5.51. The first kappa shape index (κ1) is 15.1. The van der Waals surface area contributed by atoms with Crippen molar-refractivity contribution in [1.29, 1.82) is 0 Å². The molecular formula is C18H25N3O. The second-order valence-electron chi connectivity index (χ2n) is 6.30. The van der Waals surface area contributed by atoms with Crippen molar-refractivity contribution in [2.75, 3.05) is 11.9 Å². The summed E-state index contributed by atoms with van der Waals surface area (Å²) < 4.78 is 5.25. The summed E-state index contributed by atoms with van der Waals surface area (Å²) in [5.41, 5.74) is 10.7. The van der Waals surface area contributed by atoms with Crippen LogP contribution in [0.3, 0.4) is 0 Å². The summed E-state index contributed by atoms with van der Waals surface area (Å²) in [7, 11) is 0. The molecular weight excluding hydrogens is 274 g/mol. The van der Waals surface area contributed by atoms with Crippen molar-refractivity contribution < 1.29 is 4.52 Å². The monoisotopic (exact) mass is 299 g/mol. The zero-order valence-electron chi connectivity index (χ0n) is 13.2. The van der Waals surface area contributed by atoms with E-state index < -0.39 is 0 Å². The van der Waals surface area contributed by atoms with E-state index in [0.29, 0.717) is 5.92 Å². The molecule has 0 radical (unpaired) electrons.